The maximum atomic E-state index is 2.49. The second-order valence-electron chi connectivity index (χ2n) is 28.0. The predicted molar refractivity (Wildman–Crippen MR) is 466 cm³/mol. The zero-order valence-electron chi connectivity index (χ0n) is 59.5. The number of hydrogen-bond acceptors (Lipinski definition) is 4. The van der Waals surface area contributed by atoms with Crippen molar-refractivity contribution in [3.05, 3.63) is 446 Å². The maximum absolute atomic E-state index is 2.49. The lowest BCUT2D eigenvalue weighted by molar-refractivity contribution is 0.793. The van der Waals surface area contributed by atoms with Crippen molar-refractivity contribution in [3.8, 4) is 33.4 Å². The summed E-state index contributed by atoms with van der Waals surface area (Å²) in [7, 11) is 0. The van der Waals surface area contributed by atoms with Gasteiger partial charge in [-0.25, -0.2) is 0 Å². The fraction of sp³-hybridized carbons (Fsp3) is 0.0476. The third-order valence-electron chi connectivity index (χ3n) is 21.9. The molecular formula is C105H82N4. The number of rotatable bonds is 13. The highest BCUT2D eigenvalue weighted by Crippen LogP contribution is 2.64. The molecule has 18 aromatic rings. The smallest absolute Gasteiger partial charge is 0.0727 e. The molecule has 18 aromatic carbocycles. The van der Waals surface area contributed by atoms with Gasteiger partial charge in [0.05, 0.1) is 28.2 Å². The minimum atomic E-state index is -0.550. The molecule has 20 rings (SSSR count). The lowest BCUT2D eigenvalue weighted by atomic mass is 9.70. The minimum Gasteiger partial charge on any atom is -0.310 e. The van der Waals surface area contributed by atoms with Crippen LogP contribution in [0.2, 0.25) is 0 Å². The highest BCUT2D eigenvalue weighted by Gasteiger charge is 2.52. The van der Waals surface area contributed by atoms with Crippen LogP contribution < -0.4 is 19.6 Å². The van der Waals surface area contributed by atoms with E-state index < -0.39 is 5.41 Å². The van der Waals surface area contributed by atoms with Crippen LogP contribution in [0.5, 0.6) is 0 Å². The molecule has 4 nitrogen and oxygen atoms in total. The minimum absolute atomic E-state index is 0. The summed E-state index contributed by atoms with van der Waals surface area (Å²) in [5.41, 5.74) is 28.5. The van der Waals surface area contributed by atoms with Crippen molar-refractivity contribution < 1.29 is 0 Å². The molecule has 0 radical (unpaired) electrons. The molecule has 0 fully saturated rings. The second-order valence-corrected chi connectivity index (χ2v) is 28.0. The number of hydrogen-bond donors (Lipinski definition) is 0. The van der Waals surface area contributed by atoms with Gasteiger partial charge >= 0.3 is 0 Å². The van der Waals surface area contributed by atoms with Crippen LogP contribution in [0.25, 0.3) is 76.5 Å². The summed E-state index contributed by atoms with van der Waals surface area (Å²) >= 11 is 0. The van der Waals surface area contributed by atoms with Gasteiger partial charge in [0.1, 0.15) is 0 Å². The van der Waals surface area contributed by atoms with Gasteiger partial charge in [0.25, 0.3) is 0 Å². The average Bonchev–Trinajstić information content (AvgIpc) is 1.51. The van der Waals surface area contributed by atoms with Gasteiger partial charge in [-0.15, -0.1) is 0 Å². The van der Waals surface area contributed by atoms with E-state index in [1.54, 1.807) is 0 Å². The van der Waals surface area contributed by atoms with E-state index in [1.807, 2.05) is 0 Å². The fourth-order valence-electron chi connectivity index (χ4n) is 17.2. The van der Waals surface area contributed by atoms with Crippen molar-refractivity contribution in [2.45, 2.75) is 34.1 Å². The first kappa shape index (κ1) is 68.3. The Morgan fingerprint density at radius 2 is 0.404 bits per heavy atom. The Morgan fingerprint density at radius 1 is 0.174 bits per heavy atom. The van der Waals surface area contributed by atoms with Gasteiger partial charge in [0.2, 0.25) is 0 Å². The molecule has 4 heteroatoms. The van der Waals surface area contributed by atoms with E-state index in [0.717, 1.165) is 56.9 Å². The third kappa shape index (κ3) is 11.8. The maximum Gasteiger partial charge on any atom is 0.0727 e. The molecule has 0 N–H and O–H groups in total. The number of para-hydroxylation sites is 4. The highest BCUT2D eigenvalue weighted by atomic mass is 15.2. The van der Waals surface area contributed by atoms with Crippen LogP contribution in [-0.4, -0.2) is 0 Å². The fourth-order valence-corrected chi connectivity index (χ4v) is 17.2. The van der Waals surface area contributed by atoms with Crippen LogP contribution in [0.1, 0.15) is 48.2 Å². The molecule has 0 aliphatic heterocycles. The number of nitrogens with zero attached hydrogens (tertiary/aromatic N) is 4. The van der Waals surface area contributed by atoms with Crippen molar-refractivity contribution in [3.63, 3.8) is 0 Å². The Kier molecular flexibility index (Phi) is 18.1. The van der Waals surface area contributed by atoms with Crippen molar-refractivity contribution in [2.24, 2.45) is 0 Å². The molecule has 2 aliphatic carbocycles. The van der Waals surface area contributed by atoms with Crippen molar-refractivity contribution in [1.82, 2.24) is 0 Å². The number of aryl methyl sites for hydroxylation is 2. The lowest BCUT2D eigenvalue weighted by Gasteiger charge is -2.33. The molecule has 522 valence electrons. The first-order valence-corrected chi connectivity index (χ1v) is 37.0. The molecule has 0 amide bonds. The monoisotopic (exact) mass is 1400 g/mol. The van der Waals surface area contributed by atoms with Crippen LogP contribution in [0, 0.1) is 13.8 Å². The van der Waals surface area contributed by atoms with Gasteiger partial charge in [-0.3, -0.25) is 0 Å². The SMILES string of the molecule is C.C.Cc1cc(N(c2ccccc2)c2cccc3ccccc23)ccc1-c1ccc(N(c2ccccc2)c2cccc3ccccc23)cc1C.c1ccc(N(c2ccc3c(c2)C2(c4ccccc4-3)c3ccccc3-c3ccc(N(c4ccccc4)c4cccc5ccccc45)cc32)c2cccc3ccccc23)cc1. The van der Waals surface area contributed by atoms with Gasteiger partial charge in [-0.05, 0) is 223 Å². The Labute approximate surface area is 640 Å². The molecule has 0 bridgehead atoms. The van der Waals surface area contributed by atoms with Gasteiger partial charge < -0.3 is 19.6 Å². The lowest BCUT2D eigenvalue weighted by Crippen LogP contribution is -2.26. The first-order chi connectivity index (χ1) is 52.9. The Morgan fingerprint density at radius 3 is 0.697 bits per heavy atom. The Hall–Kier alpha value is -13.8. The first-order valence-electron chi connectivity index (χ1n) is 37.0. The van der Waals surface area contributed by atoms with Crippen LogP contribution in [0.15, 0.2) is 413 Å². The summed E-state index contributed by atoms with van der Waals surface area (Å²) in [5.74, 6) is 0. The molecule has 109 heavy (non-hydrogen) atoms. The van der Waals surface area contributed by atoms with Crippen LogP contribution in [0.4, 0.5) is 68.2 Å². The zero-order valence-corrected chi connectivity index (χ0v) is 59.5. The highest BCUT2D eigenvalue weighted by molar-refractivity contribution is 6.05. The van der Waals surface area contributed by atoms with Gasteiger partial charge in [-0.2, -0.15) is 0 Å². The number of fused-ring (bicyclic) bond motifs is 14. The molecule has 0 atom stereocenters. The number of anilines is 12. The van der Waals surface area contributed by atoms with Crippen molar-refractivity contribution >= 4 is 111 Å². The summed E-state index contributed by atoms with van der Waals surface area (Å²) in [6, 6.07) is 150. The third-order valence-corrected chi connectivity index (χ3v) is 21.9. The molecule has 0 aromatic heterocycles. The van der Waals surface area contributed by atoms with E-state index in [2.05, 4.69) is 446 Å². The van der Waals surface area contributed by atoms with E-state index >= 15 is 0 Å². The summed E-state index contributed by atoms with van der Waals surface area (Å²) in [6.45, 7) is 4.45. The standard InChI is InChI=1S/C57H38N2.C46H36N2.2CH4/c1-3-21-41(22-4-1)58(55-31-15-19-39-17-7-9-25-45(39)55)43-33-35-49-47-27-11-13-29-51(47)57(53(49)37-43)52-30-14-12-28-48(52)50-36-34-44(38-54(50)57)59(42-23-5-2-6-24-42)56-32-16-20-40-18-8-10-26-46(40)56;1-33-31-39(47(37-19-5-3-6-20-37)45-25-13-17-35-15-9-11-23-43(35)45)27-29-41(33)42-30-28-40(32-34(42)2)48(38-21-7-4-8-22-38)46-26-14-18-36-16-10-12-24-44(36)46;;/h1-38H;3-32H,1-2H3;2*1H4. The largest absolute Gasteiger partial charge is 0.310 e. The van der Waals surface area contributed by atoms with E-state index in [4.69, 9.17) is 0 Å². The van der Waals surface area contributed by atoms with Crippen LogP contribution in [0.3, 0.4) is 0 Å². The number of benzene rings is 18. The van der Waals surface area contributed by atoms with E-state index in [9.17, 15) is 0 Å². The van der Waals surface area contributed by atoms with E-state index in [-0.39, 0.29) is 14.9 Å². The second kappa shape index (κ2) is 28.9. The molecular weight excluding hydrogens is 1320 g/mol. The van der Waals surface area contributed by atoms with Crippen molar-refractivity contribution in [1.29, 1.82) is 0 Å². The van der Waals surface area contributed by atoms with Gasteiger partial charge in [-0.1, -0.05) is 306 Å². The van der Waals surface area contributed by atoms with Crippen LogP contribution in [-0.2, 0) is 5.41 Å². The molecule has 2 aliphatic rings. The molecule has 0 saturated heterocycles. The van der Waals surface area contributed by atoms with Crippen molar-refractivity contribution in [2.75, 3.05) is 19.6 Å². The molecule has 0 unspecified atom stereocenters. The molecule has 0 saturated carbocycles. The molecule has 0 heterocycles. The van der Waals surface area contributed by atoms with Gasteiger partial charge in [0.15, 0.2) is 0 Å². The normalized spacial score (nSPS) is 11.9. The van der Waals surface area contributed by atoms with Crippen LogP contribution >= 0.6 is 0 Å². The summed E-state index contributed by atoms with van der Waals surface area (Å²) < 4.78 is 0. The quantitative estimate of drug-likeness (QED) is 0.114. The summed E-state index contributed by atoms with van der Waals surface area (Å²) in [6.07, 6.45) is 0. The summed E-state index contributed by atoms with van der Waals surface area (Å²) in [4.78, 5) is 9.62. The van der Waals surface area contributed by atoms with E-state index in [0.29, 0.717) is 0 Å². The topological polar surface area (TPSA) is 13.0 Å². The predicted octanol–water partition coefficient (Wildman–Crippen LogP) is 29.8. The zero-order chi connectivity index (χ0) is 71.4. The molecule has 1 spiro atoms. The Bertz CT molecular complexity index is 5980. The summed E-state index contributed by atoms with van der Waals surface area (Å²) in [5, 5.41) is 9.78. The van der Waals surface area contributed by atoms with Gasteiger partial charge in [0, 0.05) is 67.0 Å². The Balaban J connectivity index is 0.000000160. The van der Waals surface area contributed by atoms with E-state index in [1.165, 1.54) is 121 Å². The average molecular weight is 1400 g/mol.